The smallest absolute Gasteiger partial charge is 0.234 e. The van der Waals surface area contributed by atoms with Gasteiger partial charge in [0.05, 0.1) is 6.54 Å². The molecule has 2 amide bonds. The van der Waals surface area contributed by atoms with Gasteiger partial charge < -0.3 is 10.6 Å². The summed E-state index contributed by atoms with van der Waals surface area (Å²) < 4.78 is 0. The van der Waals surface area contributed by atoms with Crippen molar-refractivity contribution in [3.8, 4) is 0 Å². The van der Waals surface area contributed by atoms with Crippen LogP contribution < -0.4 is 10.6 Å². The van der Waals surface area contributed by atoms with Crippen LogP contribution in [0.15, 0.2) is 30.3 Å². The van der Waals surface area contributed by atoms with Gasteiger partial charge in [0.15, 0.2) is 0 Å². The average molecular weight is 289 g/mol. The maximum absolute atomic E-state index is 12.0. The average Bonchev–Trinajstić information content (AvgIpc) is 2.68. The van der Waals surface area contributed by atoms with Crippen molar-refractivity contribution in [1.29, 1.82) is 0 Å². The number of rotatable bonds is 5. The van der Waals surface area contributed by atoms with Gasteiger partial charge in [-0.25, -0.2) is 0 Å². The quantitative estimate of drug-likeness (QED) is 0.852. The summed E-state index contributed by atoms with van der Waals surface area (Å²) in [4.78, 5) is 25.9. The number of hydrogen-bond acceptors (Lipinski definition) is 3. The Hall–Kier alpha value is -1.88. The van der Waals surface area contributed by atoms with Crippen molar-refractivity contribution in [2.24, 2.45) is 0 Å². The van der Waals surface area contributed by atoms with Crippen LogP contribution in [0.25, 0.3) is 0 Å². The minimum Gasteiger partial charge on any atom is -0.355 e. The molecule has 1 saturated heterocycles. The van der Waals surface area contributed by atoms with Crippen molar-refractivity contribution in [2.75, 3.05) is 26.2 Å². The van der Waals surface area contributed by atoms with E-state index in [-0.39, 0.29) is 17.9 Å². The van der Waals surface area contributed by atoms with E-state index in [4.69, 9.17) is 0 Å². The molecule has 114 valence electrons. The first kappa shape index (κ1) is 15.5. The second kappa shape index (κ2) is 7.78. The highest BCUT2D eigenvalue weighted by molar-refractivity contribution is 5.79. The van der Waals surface area contributed by atoms with Gasteiger partial charge in [0.25, 0.3) is 0 Å². The van der Waals surface area contributed by atoms with E-state index in [1.807, 2.05) is 37.3 Å². The molecule has 0 bridgehead atoms. The largest absolute Gasteiger partial charge is 0.355 e. The number of amides is 2. The van der Waals surface area contributed by atoms with E-state index >= 15 is 0 Å². The highest BCUT2D eigenvalue weighted by atomic mass is 16.2. The van der Waals surface area contributed by atoms with Crippen LogP contribution in [0.5, 0.6) is 0 Å². The van der Waals surface area contributed by atoms with Gasteiger partial charge in [-0.05, 0) is 12.0 Å². The third-order valence-electron chi connectivity index (χ3n) is 3.64. The molecular weight excluding hydrogens is 266 g/mol. The van der Waals surface area contributed by atoms with E-state index in [0.717, 1.165) is 12.0 Å². The summed E-state index contributed by atoms with van der Waals surface area (Å²) in [5, 5.41) is 5.78. The summed E-state index contributed by atoms with van der Waals surface area (Å²) in [6.45, 7) is 4.32. The lowest BCUT2D eigenvalue weighted by atomic mass is 10.0. The number of carbonyl (C=O) groups is 2. The summed E-state index contributed by atoms with van der Waals surface area (Å²) in [5.74, 6) is 0.0625. The Kier molecular flexibility index (Phi) is 5.75. The zero-order valence-electron chi connectivity index (χ0n) is 12.5. The second-order valence-corrected chi connectivity index (χ2v) is 5.30. The molecule has 0 spiro atoms. The Balaban J connectivity index is 2.10. The molecule has 0 radical (unpaired) electrons. The van der Waals surface area contributed by atoms with Gasteiger partial charge in [-0.2, -0.15) is 0 Å². The van der Waals surface area contributed by atoms with Crippen molar-refractivity contribution < 1.29 is 9.59 Å². The van der Waals surface area contributed by atoms with Gasteiger partial charge in [0, 0.05) is 32.1 Å². The van der Waals surface area contributed by atoms with Crippen LogP contribution in [0.4, 0.5) is 0 Å². The van der Waals surface area contributed by atoms with Gasteiger partial charge in [-0.3, -0.25) is 14.5 Å². The Morgan fingerprint density at radius 3 is 2.86 bits per heavy atom. The molecule has 1 aliphatic rings. The number of nitrogens with zero attached hydrogens (tertiary/aromatic N) is 1. The van der Waals surface area contributed by atoms with Gasteiger partial charge in [0.1, 0.15) is 0 Å². The van der Waals surface area contributed by atoms with Crippen LogP contribution in [0.3, 0.4) is 0 Å². The molecule has 5 nitrogen and oxygen atoms in total. The topological polar surface area (TPSA) is 61.4 Å². The SMILES string of the molecule is CCCNC(=O)CN1CCNC(=O)C[C@H]1c1ccccc1. The fraction of sp³-hybridized carbons (Fsp3) is 0.500. The Morgan fingerprint density at radius 2 is 2.14 bits per heavy atom. The molecule has 1 heterocycles. The van der Waals surface area contributed by atoms with Crippen molar-refractivity contribution in [3.05, 3.63) is 35.9 Å². The molecule has 1 aromatic carbocycles. The summed E-state index contributed by atoms with van der Waals surface area (Å²) in [6, 6.07) is 9.88. The predicted molar refractivity (Wildman–Crippen MR) is 81.7 cm³/mol. The molecule has 21 heavy (non-hydrogen) atoms. The van der Waals surface area contributed by atoms with E-state index in [0.29, 0.717) is 32.6 Å². The molecule has 5 heteroatoms. The van der Waals surface area contributed by atoms with Gasteiger partial charge in [0.2, 0.25) is 11.8 Å². The molecule has 1 fully saturated rings. The number of nitrogens with one attached hydrogen (secondary N) is 2. The Morgan fingerprint density at radius 1 is 1.38 bits per heavy atom. The van der Waals surface area contributed by atoms with Gasteiger partial charge in [-0.1, -0.05) is 37.3 Å². The predicted octanol–water partition coefficient (Wildman–Crippen LogP) is 1.08. The van der Waals surface area contributed by atoms with Crippen LogP contribution in [0.1, 0.15) is 31.4 Å². The van der Waals surface area contributed by atoms with E-state index in [2.05, 4.69) is 15.5 Å². The molecule has 0 saturated carbocycles. The normalized spacial score (nSPS) is 19.7. The van der Waals surface area contributed by atoms with E-state index in [1.165, 1.54) is 0 Å². The maximum Gasteiger partial charge on any atom is 0.234 e. The van der Waals surface area contributed by atoms with Crippen LogP contribution in [-0.2, 0) is 9.59 Å². The molecule has 0 aromatic heterocycles. The van der Waals surface area contributed by atoms with Crippen molar-refractivity contribution in [1.82, 2.24) is 15.5 Å². The minimum atomic E-state index is -0.0407. The molecule has 1 aliphatic heterocycles. The highest BCUT2D eigenvalue weighted by Gasteiger charge is 2.27. The van der Waals surface area contributed by atoms with Crippen molar-refractivity contribution in [2.45, 2.75) is 25.8 Å². The summed E-state index contributed by atoms with van der Waals surface area (Å²) in [7, 11) is 0. The van der Waals surface area contributed by atoms with Crippen molar-refractivity contribution in [3.63, 3.8) is 0 Å². The lowest BCUT2D eigenvalue weighted by molar-refractivity contribution is -0.124. The molecule has 2 rings (SSSR count). The van der Waals surface area contributed by atoms with Crippen molar-refractivity contribution >= 4 is 11.8 Å². The second-order valence-electron chi connectivity index (χ2n) is 5.30. The third-order valence-corrected chi connectivity index (χ3v) is 3.64. The first-order valence-corrected chi connectivity index (χ1v) is 7.53. The zero-order valence-corrected chi connectivity index (χ0v) is 12.5. The zero-order chi connectivity index (χ0) is 15.1. The first-order chi connectivity index (χ1) is 10.2. The monoisotopic (exact) mass is 289 g/mol. The lowest BCUT2D eigenvalue weighted by Crippen LogP contribution is -2.40. The molecule has 2 N–H and O–H groups in total. The summed E-state index contributed by atoms with van der Waals surface area (Å²) in [6.07, 6.45) is 1.32. The number of carbonyl (C=O) groups excluding carboxylic acids is 2. The molecular formula is C16H23N3O2. The van der Waals surface area contributed by atoms with E-state index in [9.17, 15) is 9.59 Å². The summed E-state index contributed by atoms with van der Waals surface area (Å²) in [5.41, 5.74) is 1.08. The molecule has 1 atom stereocenters. The van der Waals surface area contributed by atoms with Crippen LogP contribution in [0, 0.1) is 0 Å². The number of benzene rings is 1. The van der Waals surface area contributed by atoms with Gasteiger partial charge >= 0.3 is 0 Å². The Bertz CT molecular complexity index is 476. The molecule has 0 aliphatic carbocycles. The fourth-order valence-corrected chi connectivity index (χ4v) is 2.57. The Labute approximate surface area is 125 Å². The molecule has 0 unspecified atom stereocenters. The molecule has 1 aromatic rings. The van der Waals surface area contributed by atoms with Gasteiger partial charge in [-0.15, -0.1) is 0 Å². The first-order valence-electron chi connectivity index (χ1n) is 7.53. The van der Waals surface area contributed by atoms with Crippen LogP contribution in [-0.4, -0.2) is 42.9 Å². The van der Waals surface area contributed by atoms with Crippen LogP contribution in [0.2, 0.25) is 0 Å². The van der Waals surface area contributed by atoms with Crippen LogP contribution >= 0.6 is 0 Å². The van der Waals surface area contributed by atoms with E-state index in [1.54, 1.807) is 0 Å². The lowest BCUT2D eigenvalue weighted by Gasteiger charge is -2.28. The number of hydrogen-bond donors (Lipinski definition) is 2. The fourth-order valence-electron chi connectivity index (χ4n) is 2.57. The minimum absolute atomic E-state index is 0.0205. The summed E-state index contributed by atoms with van der Waals surface area (Å²) >= 11 is 0. The standard InChI is InChI=1S/C16H23N3O2/c1-2-8-17-16(21)12-19-10-9-18-15(20)11-14(19)13-6-4-3-5-7-13/h3-7,14H,2,8-12H2,1H3,(H,17,21)(H,18,20)/t14-/m0/s1. The third kappa shape index (κ3) is 4.56. The van der Waals surface area contributed by atoms with E-state index < -0.39 is 0 Å². The maximum atomic E-state index is 12.0. The highest BCUT2D eigenvalue weighted by Crippen LogP contribution is 2.25.